The van der Waals surface area contributed by atoms with Crippen molar-refractivity contribution in [3.8, 4) is 0 Å². The summed E-state index contributed by atoms with van der Waals surface area (Å²) in [5.74, 6) is 0.639. The van der Waals surface area contributed by atoms with Gasteiger partial charge in [-0.3, -0.25) is 4.79 Å². The molecule has 2 aromatic heterocycles. The van der Waals surface area contributed by atoms with Crippen LogP contribution >= 0.6 is 11.5 Å². The number of amides is 1. The zero-order valence-corrected chi connectivity index (χ0v) is 12.6. The smallest absolute Gasteiger partial charge is 0.275 e. The fraction of sp³-hybridized carbons (Fsp3) is 0.267. The van der Waals surface area contributed by atoms with Gasteiger partial charge in [-0.2, -0.15) is 0 Å². The van der Waals surface area contributed by atoms with Gasteiger partial charge in [0.25, 0.3) is 5.91 Å². The summed E-state index contributed by atoms with van der Waals surface area (Å²) in [5, 5.41) is 6.55. The highest BCUT2D eigenvalue weighted by Gasteiger charge is 2.22. The number of furan rings is 1. The minimum absolute atomic E-state index is 0.0485. The van der Waals surface area contributed by atoms with E-state index < -0.39 is 0 Å². The summed E-state index contributed by atoms with van der Waals surface area (Å²) in [4.78, 5) is 14.2. The Morgan fingerprint density at radius 2 is 2.19 bits per heavy atom. The number of fused-ring (bicyclic) bond motifs is 1. The first-order valence-corrected chi connectivity index (χ1v) is 7.54. The van der Waals surface area contributed by atoms with E-state index in [1.54, 1.807) is 10.3 Å². The van der Waals surface area contributed by atoms with Crippen LogP contribution in [0.15, 0.2) is 40.1 Å². The van der Waals surface area contributed by atoms with Crippen LogP contribution < -0.4 is 0 Å². The van der Waals surface area contributed by atoms with Crippen LogP contribution in [0.2, 0.25) is 0 Å². The molecule has 0 spiro atoms. The number of hydrogen-bond donors (Lipinski definition) is 0. The van der Waals surface area contributed by atoms with Crippen LogP contribution in [0.5, 0.6) is 0 Å². The molecule has 0 aliphatic carbocycles. The lowest BCUT2D eigenvalue weighted by Crippen LogP contribution is -2.36. The number of benzene rings is 1. The van der Waals surface area contributed by atoms with E-state index in [0.29, 0.717) is 12.2 Å². The minimum Gasteiger partial charge on any atom is -0.459 e. The van der Waals surface area contributed by atoms with Crippen LogP contribution in [0.25, 0.3) is 11.0 Å². The summed E-state index contributed by atoms with van der Waals surface area (Å²) in [6, 6.07) is 9.83. The third kappa shape index (κ3) is 2.80. The molecule has 0 atom stereocenters. The Kier molecular flexibility index (Phi) is 3.70. The molecule has 6 heteroatoms. The second-order valence-corrected chi connectivity index (χ2v) is 5.68. The van der Waals surface area contributed by atoms with E-state index in [1.165, 1.54) is 11.5 Å². The van der Waals surface area contributed by atoms with Gasteiger partial charge in [0.15, 0.2) is 5.69 Å². The first kappa shape index (κ1) is 13.8. The summed E-state index contributed by atoms with van der Waals surface area (Å²) in [5.41, 5.74) is 1.21. The zero-order valence-electron chi connectivity index (χ0n) is 11.8. The van der Waals surface area contributed by atoms with Crippen LogP contribution in [0.1, 0.15) is 30.1 Å². The molecule has 3 aromatic rings. The first-order chi connectivity index (χ1) is 10.1. The Labute approximate surface area is 126 Å². The van der Waals surface area contributed by atoms with Crippen LogP contribution in [-0.2, 0) is 6.54 Å². The maximum atomic E-state index is 12.5. The van der Waals surface area contributed by atoms with E-state index in [4.69, 9.17) is 4.42 Å². The second-order valence-electron chi connectivity index (χ2n) is 5.07. The summed E-state index contributed by atoms with van der Waals surface area (Å²) in [6.07, 6.45) is 0. The van der Waals surface area contributed by atoms with Crippen molar-refractivity contribution in [1.29, 1.82) is 0 Å². The van der Waals surface area contributed by atoms with Gasteiger partial charge in [0.05, 0.1) is 6.54 Å². The third-order valence-corrected chi connectivity index (χ3v) is 3.77. The maximum absolute atomic E-state index is 12.5. The van der Waals surface area contributed by atoms with E-state index in [0.717, 1.165) is 16.7 Å². The van der Waals surface area contributed by atoms with Crippen molar-refractivity contribution in [1.82, 2.24) is 14.5 Å². The van der Waals surface area contributed by atoms with Crippen molar-refractivity contribution in [2.24, 2.45) is 0 Å². The summed E-state index contributed by atoms with van der Waals surface area (Å²) >= 11 is 1.18. The standard InChI is InChI=1S/C15H15N3O2S/c1-10(2)18(15(19)13-9-21-17-16-13)8-12-7-11-5-3-4-6-14(11)20-12/h3-7,9-10H,8H2,1-2H3. The van der Waals surface area contributed by atoms with Gasteiger partial charge in [-0.1, -0.05) is 22.7 Å². The van der Waals surface area contributed by atoms with Crippen LogP contribution in [-0.4, -0.2) is 26.4 Å². The molecule has 21 heavy (non-hydrogen) atoms. The van der Waals surface area contributed by atoms with Gasteiger partial charge in [0.1, 0.15) is 11.3 Å². The molecule has 1 amide bonds. The maximum Gasteiger partial charge on any atom is 0.275 e. The van der Waals surface area contributed by atoms with Crippen molar-refractivity contribution < 1.29 is 9.21 Å². The molecule has 108 valence electrons. The second kappa shape index (κ2) is 5.65. The average Bonchev–Trinajstić information content (AvgIpc) is 3.12. The molecule has 2 heterocycles. The Bertz CT molecular complexity index is 716. The molecule has 0 bridgehead atoms. The number of aromatic nitrogens is 2. The molecular formula is C15H15N3O2S. The average molecular weight is 301 g/mol. The fourth-order valence-electron chi connectivity index (χ4n) is 2.18. The molecule has 0 saturated carbocycles. The summed E-state index contributed by atoms with van der Waals surface area (Å²) in [7, 11) is 0. The van der Waals surface area contributed by atoms with Gasteiger partial charge in [0.2, 0.25) is 0 Å². The Morgan fingerprint density at radius 1 is 1.38 bits per heavy atom. The highest BCUT2D eigenvalue weighted by atomic mass is 32.1. The van der Waals surface area contributed by atoms with Crippen LogP contribution in [0.4, 0.5) is 0 Å². The van der Waals surface area contributed by atoms with E-state index in [9.17, 15) is 4.79 Å². The number of nitrogens with zero attached hydrogens (tertiary/aromatic N) is 3. The molecule has 0 unspecified atom stereocenters. The monoisotopic (exact) mass is 301 g/mol. The number of carbonyl (C=O) groups is 1. The molecule has 1 aromatic carbocycles. The van der Waals surface area contributed by atoms with Crippen molar-refractivity contribution in [3.63, 3.8) is 0 Å². The normalized spacial score (nSPS) is 11.2. The van der Waals surface area contributed by atoms with Crippen molar-refractivity contribution >= 4 is 28.4 Å². The number of rotatable bonds is 4. The molecule has 0 fully saturated rings. The molecule has 0 radical (unpaired) electrons. The lowest BCUT2D eigenvalue weighted by atomic mass is 10.2. The predicted molar refractivity (Wildman–Crippen MR) is 81.1 cm³/mol. The Hall–Kier alpha value is -2.21. The largest absolute Gasteiger partial charge is 0.459 e. The molecule has 0 aliphatic rings. The predicted octanol–water partition coefficient (Wildman–Crippen LogP) is 3.34. The molecule has 0 saturated heterocycles. The molecule has 5 nitrogen and oxygen atoms in total. The lowest BCUT2D eigenvalue weighted by molar-refractivity contribution is 0.0671. The van der Waals surface area contributed by atoms with Crippen molar-refractivity contribution in [3.05, 3.63) is 47.2 Å². The van der Waals surface area contributed by atoms with Gasteiger partial charge in [-0.15, -0.1) is 5.10 Å². The van der Waals surface area contributed by atoms with Gasteiger partial charge in [-0.25, -0.2) is 0 Å². The topological polar surface area (TPSA) is 59.2 Å². The third-order valence-electron chi connectivity index (χ3n) is 3.27. The van der Waals surface area contributed by atoms with Crippen molar-refractivity contribution in [2.45, 2.75) is 26.4 Å². The molecule has 0 aliphatic heterocycles. The highest BCUT2D eigenvalue weighted by Crippen LogP contribution is 2.21. The molecular weight excluding hydrogens is 286 g/mol. The quantitative estimate of drug-likeness (QED) is 0.741. The first-order valence-electron chi connectivity index (χ1n) is 6.70. The van der Waals surface area contributed by atoms with E-state index >= 15 is 0 Å². The molecule has 3 rings (SSSR count). The lowest BCUT2D eigenvalue weighted by Gasteiger charge is -2.24. The minimum atomic E-state index is -0.126. The number of carbonyl (C=O) groups excluding carboxylic acids is 1. The SMILES string of the molecule is CC(C)N(Cc1cc2ccccc2o1)C(=O)c1csnn1. The molecule has 0 N–H and O–H groups in total. The van der Waals surface area contributed by atoms with E-state index in [1.807, 2.05) is 44.2 Å². The van der Waals surface area contributed by atoms with Gasteiger partial charge >= 0.3 is 0 Å². The zero-order chi connectivity index (χ0) is 14.8. The van der Waals surface area contributed by atoms with Gasteiger partial charge in [0, 0.05) is 16.8 Å². The number of para-hydroxylation sites is 1. The highest BCUT2D eigenvalue weighted by molar-refractivity contribution is 7.03. The van der Waals surface area contributed by atoms with E-state index in [2.05, 4.69) is 9.59 Å². The van der Waals surface area contributed by atoms with Crippen LogP contribution in [0.3, 0.4) is 0 Å². The summed E-state index contributed by atoms with van der Waals surface area (Å²) < 4.78 is 9.54. The van der Waals surface area contributed by atoms with Crippen molar-refractivity contribution in [2.75, 3.05) is 0 Å². The van der Waals surface area contributed by atoms with Crippen LogP contribution in [0, 0.1) is 0 Å². The van der Waals surface area contributed by atoms with Gasteiger partial charge < -0.3 is 9.32 Å². The Balaban J connectivity index is 1.86. The summed E-state index contributed by atoms with van der Waals surface area (Å²) in [6.45, 7) is 4.36. The van der Waals surface area contributed by atoms with Gasteiger partial charge in [-0.05, 0) is 37.5 Å². The fourth-order valence-corrected chi connectivity index (χ4v) is 2.61. The number of hydrogen-bond acceptors (Lipinski definition) is 5. The van der Waals surface area contributed by atoms with E-state index in [-0.39, 0.29) is 11.9 Å². The Morgan fingerprint density at radius 3 is 2.86 bits per heavy atom.